The van der Waals surface area contributed by atoms with Crippen LogP contribution in [0.4, 0.5) is 0 Å². The summed E-state index contributed by atoms with van der Waals surface area (Å²) in [6.07, 6.45) is 3.25. The summed E-state index contributed by atoms with van der Waals surface area (Å²) >= 11 is 0. The molecule has 23 heavy (non-hydrogen) atoms. The molecule has 0 saturated carbocycles. The Kier molecular flexibility index (Phi) is 3.07. The Morgan fingerprint density at radius 2 is 2.04 bits per heavy atom. The number of fused-ring (bicyclic) bond motifs is 1. The monoisotopic (exact) mass is 310 g/mol. The first kappa shape index (κ1) is 13.5. The molecule has 4 rings (SSSR count). The fraction of sp³-hybridized carbons (Fsp3) is 0.200. The third-order valence-corrected chi connectivity index (χ3v) is 3.44. The van der Waals surface area contributed by atoms with E-state index in [-0.39, 0.29) is 6.79 Å². The van der Waals surface area contributed by atoms with E-state index in [1.165, 1.54) is 6.33 Å². The second-order valence-electron chi connectivity index (χ2n) is 5.17. The van der Waals surface area contributed by atoms with Gasteiger partial charge >= 0.3 is 0 Å². The van der Waals surface area contributed by atoms with Crippen LogP contribution in [0.3, 0.4) is 0 Å². The van der Waals surface area contributed by atoms with Gasteiger partial charge in [-0.1, -0.05) is 0 Å². The SMILES string of the molecule is Cc1cc(C)n(-c2nncn2/N=C/c2ccc3c(c2)OCO3)n1. The number of aromatic nitrogens is 5. The Morgan fingerprint density at radius 3 is 2.87 bits per heavy atom. The molecule has 0 saturated heterocycles. The summed E-state index contributed by atoms with van der Waals surface area (Å²) in [5, 5.41) is 16.8. The molecule has 8 heteroatoms. The van der Waals surface area contributed by atoms with E-state index in [1.807, 2.05) is 38.1 Å². The fourth-order valence-corrected chi connectivity index (χ4v) is 2.40. The van der Waals surface area contributed by atoms with E-state index in [2.05, 4.69) is 20.4 Å². The quantitative estimate of drug-likeness (QED) is 0.688. The molecule has 1 aliphatic rings. The summed E-state index contributed by atoms with van der Waals surface area (Å²) < 4.78 is 13.9. The van der Waals surface area contributed by atoms with Crippen molar-refractivity contribution in [3.8, 4) is 17.4 Å². The molecule has 0 atom stereocenters. The van der Waals surface area contributed by atoms with Gasteiger partial charge in [0.25, 0.3) is 5.95 Å². The van der Waals surface area contributed by atoms with E-state index in [9.17, 15) is 0 Å². The summed E-state index contributed by atoms with van der Waals surface area (Å²) in [6, 6.07) is 7.61. The molecule has 1 aliphatic heterocycles. The van der Waals surface area contributed by atoms with Crippen molar-refractivity contribution in [3.05, 3.63) is 47.5 Å². The summed E-state index contributed by atoms with van der Waals surface area (Å²) in [4.78, 5) is 0. The van der Waals surface area contributed by atoms with Crippen LogP contribution in [0, 0.1) is 13.8 Å². The molecule has 0 bridgehead atoms. The number of rotatable bonds is 3. The predicted octanol–water partition coefficient (Wildman–Crippen LogP) is 1.69. The largest absolute Gasteiger partial charge is 0.454 e. The van der Waals surface area contributed by atoms with Gasteiger partial charge in [0.1, 0.15) is 6.33 Å². The smallest absolute Gasteiger partial charge is 0.273 e. The third-order valence-electron chi connectivity index (χ3n) is 3.44. The van der Waals surface area contributed by atoms with Crippen molar-refractivity contribution in [2.24, 2.45) is 5.10 Å². The second kappa shape index (κ2) is 5.24. The summed E-state index contributed by atoms with van der Waals surface area (Å²) in [7, 11) is 0. The van der Waals surface area contributed by atoms with E-state index in [1.54, 1.807) is 15.6 Å². The Morgan fingerprint density at radius 1 is 1.17 bits per heavy atom. The molecule has 8 nitrogen and oxygen atoms in total. The first-order valence-electron chi connectivity index (χ1n) is 7.08. The van der Waals surface area contributed by atoms with Crippen LogP contribution in [-0.4, -0.2) is 37.7 Å². The van der Waals surface area contributed by atoms with Gasteiger partial charge in [0.2, 0.25) is 6.79 Å². The van der Waals surface area contributed by atoms with Gasteiger partial charge in [0, 0.05) is 5.69 Å². The molecule has 0 radical (unpaired) electrons. The average molecular weight is 310 g/mol. The molecule has 0 aliphatic carbocycles. The molecule has 116 valence electrons. The minimum Gasteiger partial charge on any atom is -0.454 e. The molecular formula is C15H14N6O2. The number of benzene rings is 1. The number of ether oxygens (including phenoxy) is 2. The molecule has 0 fully saturated rings. The highest BCUT2D eigenvalue weighted by Crippen LogP contribution is 2.31. The highest BCUT2D eigenvalue weighted by atomic mass is 16.7. The molecular weight excluding hydrogens is 296 g/mol. The average Bonchev–Trinajstić information content (AvgIpc) is 3.24. The van der Waals surface area contributed by atoms with Gasteiger partial charge in [0.15, 0.2) is 11.5 Å². The Labute approximate surface area is 132 Å². The van der Waals surface area contributed by atoms with Crippen LogP contribution in [0.15, 0.2) is 35.7 Å². The zero-order valence-corrected chi connectivity index (χ0v) is 12.7. The van der Waals surface area contributed by atoms with Gasteiger partial charge in [-0.25, -0.2) is 4.68 Å². The van der Waals surface area contributed by atoms with E-state index in [0.717, 1.165) is 28.5 Å². The normalized spacial score (nSPS) is 13.1. The van der Waals surface area contributed by atoms with Crippen LogP contribution in [0.25, 0.3) is 5.95 Å². The standard InChI is InChI=1S/C15H14N6O2/c1-10-5-11(2)21(19-10)15-18-16-8-20(15)17-7-12-3-4-13-14(6-12)23-9-22-13/h3-8H,9H2,1-2H3/b17-7+. The number of hydrogen-bond acceptors (Lipinski definition) is 6. The highest BCUT2D eigenvalue weighted by Gasteiger charge is 2.13. The molecule has 1 aromatic carbocycles. The van der Waals surface area contributed by atoms with E-state index in [0.29, 0.717) is 5.95 Å². The zero-order chi connectivity index (χ0) is 15.8. The molecule has 0 spiro atoms. The van der Waals surface area contributed by atoms with Gasteiger partial charge in [0.05, 0.1) is 11.9 Å². The minimum absolute atomic E-state index is 0.253. The number of hydrogen-bond donors (Lipinski definition) is 0. The van der Waals surface area contributed by atoms with Crippen molar-refractivity contribution in [3.63, 3.8) is 0 Å². The molecule has 3 aromatic rings. The molecule has 0 N–H and O–H groups in total. The van der Waals surface area contributed by atoms with Crippen LogP contribution in [0.2, 0.25) is 0 Å². The maximum atomic E-state index is 5.36. The Hall–Kier alpha value is -3.16. The van der Waals surface area contributed by atoms with Gasteiger partial charge < -0.3 is 9.47 Å². The van der Waals surface area contributed by atoms with Crippen molar-refractivity contribution >= 4 is 6.21 Å². The van der Waals surface area contributed by atoms with Crippen molar-refractivity contribution in [1.82, 2.24) is 24.7 Å². The van der Waals surface area contributed by atoms with Crippen molar-refractivity contribution in [2.45, 2.75) is 13.8 Å². The third kappa shape index (κ3) is 2.44. The first-order valence-corrected chi connectivity index (χ1v) is 7.08. The van der Waals surface area contributed by atoms with Crippen LogP contribution < -0.4 is 9.47 Å². The van der Waals surface area contributed by atoms with Crippen LogP contribution in [-0.2, 0) is 0 Å². The van der Waals surface area contributed by atoms with E-state index < -0.39 is 0 Å². The lowest BCUT2D eigenvalue weighted by molar-refractivity contribution is 0.174. The summed E-state index contributed by atoms with van der Waals surface area (Å²) in [6.45, 7) is 4.14. The van der Waals surface area contributed by atoms with E-state index in [4.69, 9.17) is 9.47 Å². The Balaban J connectivity index is 1.65. The maximum Gasteiger partial charge on any atom is 0.273 e. The van der Waals surface area contributed by atoms with Gasteiger partial charge in [-0.2, -0.15) is 14.9 Å². The topological polar surface area (TPSA) is 79.4 Å². The molecule has 0 amide bonds. The minimum atomic E-state index is 0.253. The lowest BCUT2D eigenvalue weighted by Crippen LogP contribution is -2.06. The Bertz CT molecular complexity index is 895. The maximum absolute atomic E-state index is 5.36. The molecule has 3 heterocycles. The van der Waals surface area contributed by atoms with Crippen molar-refractivity contribution < 1.29 is 9.47 Å². The first-order chi connectivity index (χ1) is 11.2. The number of nitrogens with zero attached hydrogens (tertiary/aromatic N) is 6. The van der Waals surface area contributed by atoms with Gasteiger partial charge in [-0.15, -0.1) is 10.2 Å². The second-order valence-corrected chi connectivity index (χ2v) is 5.17. The van der Waals surface area contributed by atoms with Crippen LogP contribution in [0.1, 0.15) is 17.0 Å². The van der Waals surface area contributed by atoms with Gasteiger partial charge in [-0.05, 0) is 43.7 Å². The highest BCUT2D eigenvalue weighted by molar-refractivity contribution is 5.81. The lowest BCUT2D eigenvalue weighted by Gasteiger charge is -2.02. The van der Waals surface area contributed by atoms with Crippen LogP contribution >= 0.6 is 0 Å². The fourth-order valence-electron chi connectivity index (χ4n) is 2.40. The number of aryl methyl sites for hydroxylation is 2. The van der Waals surface area contributed by atoms with Gasteiger partial charge in [-0.3, -0.25) is 0 Å². The van der Waals surface area contributed by atoms with Crippen molar-refractivity contribution in [1.29, 1.82) is 0 Å². The molecule has 0 unspecified atom stereocenters. The van der Waals surface area contributed by atoms with Crippen molar-refractivity contribution in [2.75, 3.05) is 6.79 Å². The zero-order valence-electron chi connectivity index (χ0n) is 12.7. The summed E-state index contributed by atoms with van der Waals surface area (Å²) in [5.74, 6) is 2.00. The van der Waals surface area contributed by atoms with E-state index >= 15 is 0 Å². The lowest BCUT2D eigenvalue weighted by atomic mass is 10.2. The summed E-state index contributed by atoms with van der Waals surface area (Å²) in [5.41, 5.74) is 2.77. The molecule has 2 aromatic heterocycles. The van der Waals surface area contributed by atoms with Crippen LogP contribution in [0.5, 0.6) is 11.5 Å². The predicted molar refractivity (Wildman–Crippen MR) is 82.2 cm³/mol.